The number of nitrogen functional groups attached to an aromatic ring is 1. The van der Waals surface area contributed by atoms with E-state index >= 15 is 0 Å². The average molecular weight is 263 g/mol. The van der Waals surface area contributed by atoms with Crippen LogP contribution in [0.3, 0.4) is 0 Å². The summed E-state index contributed by atoms with van der Waals surface area (Å²) in [5.41, 5.74) is 9.81. The molecule has 0 amide bonds. The number of nitrogens with two attached hydrogens (primary N) is 1. The van der Waals surface area contributed by atoms with E-state index in [1.807, 2.05) is 12.1 Å². The van der Waals surface area contributed by atoms with E-state index in [9.17, 15) is 0 Å². The van der Waals surface area contributed by atoms with Crippen molar-refractivity contribution in [2.45, 2.75) is 12.3 Å². The first-order valence-electron chi connectivity index (χ1n) is 6.87. The van der Waals surface area contributed by atoms with Gasteiger partial charge in [-0.15, -0.1) is 0 Å². The third kappa shape index (κ3) is 2.33. The number of nitrogens with zero attached hydrogens (tertiary/aromatic N) is 2. The Bertz CT molecular complexity index is 643. The van der Waals surface area contributed by atoms with Crippen molar-refractivity contribution in [2.24, 2.45) is 0 Å². The summed E-state index contributed by atoms with van der Waals surface area (Å²) in [7, 11) is 0. The number of benzene rings is 2. The van der Waals surface area contributed by atoms with Crippen LogP contribution in [-0.4, -0.2) is 13.1 Å². The molecule has 0 aliphatic carbocycles. The van der Waals surface area contributed by atoms with Crippen LogP contribution in [0.4, 0.5) is 11.4 Å². The van der Waals surface area contributed by atoms with Crippen LogP contribution in [0.1, 0.15) is 23.5 Å². The number of hydrogen-bond acceptors (Lipinski definition) is 3. The minimum Gasteiger partial charge on any atom is -0.397 e. The zero-order valence-electron chi connectivity index (χ0n) is 11.3. The lowest BCUT2D eigenvalue weighted by Crippen LogP contribution is -2.20. The first-order valence-corrected chi connectivity index (χ1v) is 6.87. The maximum atomic E-state index is 8.89. The highest BCUT2D eigenvalue weighted by molar-refractivity contribution is 5.70. The van der Waals surface area contributed by atoms with Gasteiger partial charge in [0.05, 0.1) is 23.0 Å². The van der Waals surface area contributed by atoms with Gasteiger partial charge in [0, 0.05) is 19.0 Å². The van der Waals surface area contributed by atoms with Crippen molar-refractivity contribution < 1.29 is 0 Å². The summed E-state index contributed by atoms with van der Waals surface area (Å²) >= 11 is 0. The van der Waals surface area contributed by atoms with Crippen molar-refractivity contribution in [1.82, 2.24) is 0 Å². The second kappa shape index (κ2) is 5.26. The van der Waals surface area contributed by atoms with Crippen molar-refractivity contribution in [1.29, 1.82) is 5.26 Å². The molecular weight excluding hydrogens is 246 g/mol. The maximum absolute atomic E-state index is 8.89. The zero-order chi connectivity index (χ0) is 13.9. The molecule has 1 fully saturated rings. The van der Waals surface area contributed by atoms with Gasteiger partial charge < -0.3 is 10.6 Å². The Morgan fingerprint density at radius 3 is 2.65 bits per heavy atom. The topological polar surface area (TPSA) is 53.0 Å². The van der Waals surface area contributed by atoms with Crippen LogP contribution < -0.4 is 10.6 Å². The van der Waals surface area contributed by atoms with Crippen molar-refractivity contribution in [3.05, 3.63) is 59.7 Å². The third-order valence-corrected chi connectivity index (χ3v) is 3.96. The Morgan fingerprint density at radius 2 is 1.95 bits per heavy atom. The largest absolute Gasteiger partial charge is 0.397 e. The summed E-state index contributed by atoms with van der Waals surface area (Å²) in [6, 6.07) is 18.3. The summed E-state index contributed by atoms with van der Waals surface area (Å²) in [5.74, 6) is 0.561. The van der Waals surface area contributed by atoms with Gasteiger partial charge in [-0.25, -0.2) is 0 Å². The molecule has 0 aromatic heterocycles. The number of anilines is 2. The summed E-state index contributed by atoms with van der Waals surface area (Å²) in [6.45, 7) is 2.00. The Hall–Kier alpha value is -2.47. The van der Waals surface area contributed by atoms with Crippen LogP contribution in [0.25, 0.3) is 0 Å². The van der Waals surface area contributed by atoms with E-state index < -0.39 is 0 Å². The molecule has 3 rings (SSSR count). The minimum atomic E-state index is 0.561. The van der Waals surface area contributed by atoms with Gasteiger partial charge >= 0.3 is 0 Å². The predicted octanol–water partition coefficient (Wildman–Crippen LogP) is 3.13. The Kier molecular flexibility index (Phi) is 3.30. The van der Waals surface area contributed by atoms with E-state index in [4.69, 9.17) is 11.0 Å². The van der Waals surface area contributed by atoms with Gasteiger partial charge in [0.1, 0.15) is 0 Å². The first-order chi connectivity index (χ1) is 9.78. The normalized spacial score (nSPS) is 17.9. The molecule has 0 spiro atoms. The smallest absolute Gasteiger partial charge is 0.0992 e. The molecule has 3 heteroatoms. The highest BCUT2D eigenvalue weighted by Gasteiger charge is 2.24. The molecule has 1 aliphatic heterocycles. The summed E-state index contributed by atoms with van der Waals surface area (Å²) in [6.07, 6.45) is 1.14. The second-order valence-corrected chi connectivity index (χ2v) is 5.23. The lowest BCUT2D eigenvalue weighted by molar-refractivity contribution is 0.775. The zero-order valence-corrected chi connectivity index (χ0v) is 11.3. The SMILES string of the molecule is N#Cc1ccc(N2CCC(c3ccccc3)C2)c(N)c1. The van der Waals surface area contributed by atoms with Crippen LogP contribution >= 0.6 is 0 Å². The monoisotopic (exact) mass is 263 g/mol. The lowest BCUT2D eigenvalue weighted by Gasteiger charge is -2.20. The number of rotatable bonds is 2. The molecule has 100 valence electrons. The quantitative estimate of drug-likeness (QED) is 0.847. The molecule has 2 N–H and O–H groups in total. The molecule has 1 atom stereocenters. The van der Waals surface area contributed by atoms with Gasteiger partial charge in [0.25, 0.3) is 0 Å². The lowest BCUT2D eigenvalue weighted by atomic mass is 9.99. The van der Waals surface area contributed by atoms with E-state index in [1.54, 1.807) is 6.07 Å². The first kappa shape index (κ1) is 12.6. The molecule has 3 nitrogen and oxygen atoms in total. The molecule has 2 aromatic rings. The van der Waals surface area contributed by atoms with Gasteiger partial charge in [-0.2, -0.15) is 5.26 Å². The molecule has 0 radical (unpaired) electrons. The fourth-order valence-corrected chi connectivity index (χ4v) is 2.89. The minimum absolute atomic E-state index is 0.561. The van der Waals surface area contributed by atoms with Crippen LogP contribution in [-0.2, 0) is 0 Å². The van der Waals surface area contributed by atoms with E-state index in [2.05, 4.69) is 41.3 Å². The van der Waals surface area contributed by atoms with Crippen LogP contribution in [0.2, 0.25) is 0 Å². The van der Waals surface area contributed by atoms with E-state index in [1.165, 1.54) is 5.56 Å². The van der Waals surface area contributed by atoms with E-state index in [-0.39, 0.29) is 0 Å². The maximum Gasteiger partial charge on any atom is 0.0992 e. The predicted molar refractivity (Wildman–Crippen MR) is 81.6 cm³/mol. The van der Waals surface area contributed by atoms with Crippen LogP contribution in [0.5, 0.6) is 0 Å². The third-order valence-electron chi connectivity index (χ3n) is 3.96. The molecule has 1 heterocycles. The Labute approximate surface area is 119 Å². The fourth-order valence-electron chi connectivity index (χ4n) is 2.89. The Morgan fingerprint density at radius 1 is 1.15 bits per heavy atom. The van der Waals surface area contributed by atoms with Crippen LogP contribution in [0.15, 0.2) is 48.5 Å². The van der Waals surface area contributed by atoms with Gasteiger partial charge in [-0.05, 0) is 30.2 Å². The van der Waals surface area contributed by atoms with Crippen molar-refractivity contribution >= 4 is 11.4 Å². The molecule has 20 heavy (non-hydrogen) atoms. The summed E-state index contributed by atoms with van der Waals surface area (Å²) in [4.78, 5) is 2.31. The number of hydrogen-bond donors (Lipinski definition) is 1. The van der Waals surface area contributed by atoms with Crippen molar-refractivity contribution in [2.75, 3.05) is 23.7 Å². The second-order valence-electron chi connectivity index (χ2n) is 5.23. The number of nitriles is 1. The molecule has 2 aromatic carbocycles. The van der Waals surface area contributed by atoms with Crippen molar-refractivity contribution in [3.8, 4) is 6.07 Å². The van der Waals surface area contributed by atoms with E-state index in [0.717, 1.165) is 25.2 Å². The summed E-state index contributed by atoms with van der Waals surface area (Å²) in [5, 5.41) is 8.89. The standard InChI is InChI=1S/C17H17N3/c18-11-13-6-7-17(16(19)10-13)20-9-8-15(12-20)14-4-2-1-3-5-14/h1-7,10,15H,8-9,12,19H2. The molecule has 1 saturated heterocycles. The molecule has 1 unspecified atom stereocenters. The molecule has 1 aliphatic rings. The fraction of sp³-hybridized carbons (Fsp3) is 0.235. The highest BCUT2D eigenvalue weighted by atomic mass is 15.2. The summed E-state index contributed by atoms with van der Waals surface area (Å²) < 4.78 is 0. The average Bonchev–Trinajstić information content (AvgIpc) is 2.97. The van der Waals surface area contributed by atoms with Gasteiger partial charge in [0.15, 0.2) is 0 Å². The highest BCUT2D eigenvalue weighted by Crippen LogP contribution is 2.33. The molecule has 0 bridgehead atoms. The van der Waals surface area contributed by atoms with Crippen LogP contribution in [0, 0.1) is 11.3 Å². The Balaban J connectivity index is 1.79. The van der Waals surface area contributed by atoms with Crippen molar-refractivity contribution in [3.63, 3.8) is 0 Å². The molecule has 0 saturated carbocycles. The van der Waals surface area contributed by atoms with Gasteiger partial charge in [-0.1, -0.05) is 30.3 Å². The molecular formula is C17H17N3. The van der Waals surface area contributed by atoms with Gasteiger partial charge in [-0.3, -0.25) is 0 Å². The van der Waals surface area contributed by atoms with Gasteiger partial charge in [0.2, 0.25) is 0 Å². The van der Waals surface area contributed by atoms with E-state index in [0.29, 0.717) is 17.2 Å².